The third kappa shape index (κ3) is 3.33. The number of nitro groups is 1. The summed E-state index contributed by atoms with van der Waals surface area (Å²) in [5.41, 5.74) is 1.02. The molecule has 21 heavy (non-hydrogen) atoms. The molecule has 0 bridgehead atoms. The van der Waals surface area contributed by atoms with E-state index in [1.807, 2.05) is 13.0 Å². The predicted octanol–water partition coefficient (Wildman–Crippen LogP) is 2.58. The van der Waals surface area contributed by atoms with Crippen LogP contribution in [0.5, 0.6) is 5.75 Å². The zero-order valence-electron chi connectivity index (χ0n) is 11.1. The summed E-state index contributed by atoms with van der Waals surface area (Å²) in [7, 11) is 0. The van der Waals surface area contributed by atoms with Crippen molar-refractivity contribution in [2.75, 3.05) is 0 Å². The number of rotatable bonds is 5. The minimum absolute atomic E-state index is 0.00931. The highest BCUT2D eigenvalue weighted by molar-refractivity contribution is 5.88. The second-order valence-corrected chi connectivity index (χ2v) is 4.30. The van der Waals surface area contributed by atoms with Crippen LogP contribution < -0.4 is 4.74 Å². The van der Waals surface area contributed by atoms with E-state index in [1.165, 1.54) is 12.1 Å². The molecule has 1 N–H and O–H groups in total. The van der Waals surface area contributed by atoms with Crippen LogP contribution >= 0.6 is 0 Å². The number of aryl methyl sites for hydroxylation is 1. The first-order valence-electron chi connectivity index (χ1n) is 6.04. The molecule has 1 aromatic heterocycles. The van der Waals surface area contributed by atoms with E-state index in [9.17, 15) is 14.9 Å². The van der Waals surface area contributed by atoms with Gasteiger partial charge in [-0.05, 0) is 30.7 Å². The fourth-order valence-corrected chi connectivity index (χ4v) is 1.73. The molecular formula is C14H12N2O5. The Bertz CT molecular complexity index is 700. The molecule has 7 nitrogen and oxygen atoms in total. The molecule has 0 aliphatic heterocycles. The van der Waals surface area contributed by atoms with Gasteiger partial charge in [0.15, 0.2) is 5.75 Å². The second-order valence-electron chi connectivity index (χ2n) is 4.30. The first-order valence-corrected chi connectivity index (χ1v) is 6.04. The van der Waals surface area contributed by atoms with Crippen molar-refractivity contribution in [1.82, 2.24) is 4.98 Å². The van der Waals surface area contributed by atoms with E-state index in [2.05, 4.69) is 4.98 Å². The van der Waals surface area contributed by atoms with Gasteiger partial charge in [-0.1, -0.05) is 6.07 Å². The summed E-state index contributed by atoms with van der Waals surface area (Å²) < 4.78 is 5.40. The summed E-state index contributed by atoms with van der Waals surface area (Å²) in [6, 6.07) is 7.15. The molecule has 0 radical (unpaired) electrons. The number of carboxylic acids is 1. The van der Waals surface area contributed by atoms with E-state index < -0.39 is 10.9 Å². The Hall–Kier alpha value is -2.96. The molecule has 108 valence electrons. The number of nitro benzene ring substituents is 1. The van der Waals surface area contributed by atoms with Crippen LogP contribution in [-0.4, -0.2) is 21.0 Å². The van der Waals surface area contributed by atoms with E-state index in [0.717, 1.165) is 11.6 Å². The molecule has 1 heterocycles. The molecule has 7 heteroatoms. The molecule has 0 atom stereocenters. The van der Waals surface area contributed by atoms with Gasteiger partial charge >= 0.3 is 11.7 Å². The second kappa shape index (κ2) is 6.00. The average molecular weight is 288 g/mol. The lowest BCUT2D eigenvalue weighted by Crippen LogP contribution is -2.04. The highest BCUT2D eigenvalue weighted by Gasteiger charge is 2.18. The molecule has 0 amide bonds. The Labute approximate surface area is 120 Å². The van der Waals surface area contributed by atoms with Crippen LogP contribution in [0.3, 0.4) is 0 Å². The van der Waals surface area contributed by atoms with Crippen molar-refractivity contribution in [2.45, 2.75) is 13.5 Å². The predicted molar refractivity (Wildman–Crippen MR) is 73.4 cm³/mol. The summed E-state index contributed by atoms with van der Waals surface area (Å²) in [6.07, 6.45) is 1.60. The van der Waals surface area contributed by atoms with E-state index in [1.54, 1.807) is 12.3 Å². The highest BCUT2D eigenvalue weighted by atomic mass is 16.6. The van der Waals surface area contributed by atoms with Crippen LogP contribution in [0.25, 0.3) is 0 Å². The number of hydrogen-bond acceptors (Lipinski definition) is 5. The van der Waals surface area contributed by atoms with E-state index in [0.29, 0.717) is 5.69 Å². The standard InChI is InChI=1S/C14H12N2O5/c1-9-3-2-6-15-11(9)8-21-13-5-4-10(14(17)18)7-12(13)16(19)20/h2-7H,8H2,1H3,(H,17,18). The zero-order chi connectivity index (χ0) is 15.4. The van der Waals surface area contributed by atoms with Crippen LogP contribution in [0.1, 0.15) is 21.6 Å². The van der Waals surface area contributed by atoms with Gasteiger partial charge in [0.25, 0.3) is 0 Å². The molecule has 0 spiro atoms. The molecule has 0 aliphatic carbocycles. The lowest BCUT2D eigenvalue weighted by Gasteiger charge is -2.08. The van der Waals surface area contributed by atoms with Gasteiger partial charge < -0.3 is 9.84 Å². The van der Waals surface area contributed by atoms with E-state index >= 15 is 0 Å². The number of aromatic nitrogens is 1. The lowest BCUT2D eigenvalue weighted by molar-refractivity contribution is -0.386. The fraction of sp³-hybridized carbons (Fsp3) is 0.143. The molecular weight excluding hydrogens is 276 g/mol. The minimum Gasteiger partial charge on any atom is -0.480 e. The van der Waals surface area contributed by atoms with Gasteiger partial charge in [-0.2, -0.15) is 0 Å². The van der Waals surface area contributed by atoms with Crippen molar-refractivity contribution in [2.24, 2.45) is 0 Å². The van der Waals surface area contributed by atoms with Gasteiger partial charge in [0.1, 0.15) is 6.61 Å². The van der Waals surface area contributed by atoms with Gasteiger partial charge in [-0.15, -0.1) is 0 Å². The van der Waals surface area contributed by atoms with E-state index in [-0.39, 0.29) is 23.6 Å². The van der Waals surface area contributed by atoms with Gasteiger partial charge in [0.2, 0.25) is 0 Å². The van der Waals surface area contributed by atoms with Crippen LogP contribution in [0, 0.1) is 17.0 Å². The Kier molecular flexibility index (Phi) is 4.13. The summed E-state index contributed by atoms with van der Waals surface area (Å²) in [6.45, 7) is 1.92. The van der Waals surface area contributed by atoms with Crippen LogP contribution in [-0.2, 0) is 6.61 Å². The molecule has 0 aliphatic rings. The quantitative estimate of drug-likeness (QED) is 0.670. The van der Waals surface area contributed by atoms with Crippen LogP contribution in [0.15, 0.2) is 36.5 Å². The summed E-state index contributed by atoms with van der Waals surface area (Å²) in [5, 5.41) is 19.8. The van der Waals surface area contributed by atoms with Gasteiger partial charge in [-0.3, -0.25) is 15.1 Å². The summed E-state index contributed by atoms with van der Waals surface area (Å²) in [4.78, 5) is 25.3. The Morgan fingerprint density at radius 2 is 2.19 bits per heavy atom. The van der Waals surface area contributed by atoms with Crippen molar-refractivity contribution in [1.29, 1.82) is 0 Å². The highest BCUT2D eigenvalue weighted by Crippen LogP contribution is 2.28. The number of nitrogens with zero attached hydrogens (tertiary/aromatic N) is 2. The van der Waals surface area contributed by atoms with Gasteiger partial charge in [-0.25, -0.2) is 4.79 Å². The van der Waals surface area contributed by atoms with Crippen molar-refractivity contribution in [3.63, 3.8) is 0 Å². The number of hydrogen-bond donors (Lipinski definition) is 1. The van der Waals surface area contributed by atoms with Gasteiger partial charge in [0.05, 0.1) is 16.2 Å². The van der Waals surface area contributed by atoms with Crippen LogP contribution in [0.2, 0.25) is 0 Å². The van der Waals surface area contributed by atoms with Crippen molar-refractivity contribution >= 4 is 11.7 Å². The molecule has 0 fully saturated rings. The molecule has 1 aromatic carbocycles. The Morgan fingerprint density at radius 3 is 2.81 bits per heavy atom. The average Bonchev–Trinajstić information content (AvgIpc) is 2.46. The largest absolute Gasteiger partial charge is 0.480 e. The minimum atomic E-state index is -1.23. The molecule has 0 saturated carbocycles. The van der Waals surface area contributed by atoms with Crippen molar-refractivity contribution < 1.29 is 19.6 Å². The third-order valence-electron chi connectivity index (χ3n) is 2.88. The smallest absolute Gasteiger partial charge is 0.335 e. The molecule has 0 saturated heterocycles. The van der Waals surface area contributed by atoms with Crippen molar-refractivity contribution in [3.8, 4) is 5.75 Å². The Morgan fingerprint density at radius 1 is 1.43 bits per heavy atom. The Balaban J connectivity index is 2.26. The maximum absolute atomic E-state index is 11.0. The third-order valence-corrected chi connectivity index (χ3v) is 2.88. The van der Waals surface area contributed by atoms with E-state index in [4.69, 9.17) is 9.84 Å². The molecule has 2 rings (SSSR count). The van der Waals surface area contributed by atoms with Gasteiger partial charge in [0, 0.05) is 12.3 Å². The number of benzene rings is 1. The number of pyridine rings is 1. The monoisotopic (exact) mass is 288 g/mol. The lowest BCUT2D eigenvalue weighted by atomic mass is 10.2. The maximum atomic E-state index is 11.0. The van der Waals surface area contributed by atoms with Crippen molar-refractivity contribution in [3.05, 3.63) is 63.5 Å². The molecule has 0 unspecified atom stereocenters. The number of ether oxygens (including phenoxy) is 1. The zero-order valence-corrected chi connectivity index (χ0v) is 11.1. The number of carbonyl (C=O) groups is 1. The topological polar surface area (TPSA) is 103 Å². The first kappa shape index (κ1) is 14.4. The summed E-state index contributed by atoms with van der Waals surface area (Å²) >= 11 is 0. The normalized spacial score (nSPS) is 10.1. The molecule has 2 aromatic rings. The van der Waals surface area contributed by atoms with Crippen LogP contribution in [0.4, 0.5) is 5.69 Å². The number of carboxylic acid groups (broad SMARTS) is 1. The summed E-state index contributed by atoms with van der Waals surface area (Å²) in [5.74, 6) is -1.22. The number of aromatic carboxylic acids is 1. The SMILES string of the molecule is Cc1cccnc1COc1ccc(C(=O)O)cc1[N+](=O)[O-]. The first-order chi connectivity index (χ1) is 9.99. The maximum Gasteiger partial charge on any atom is 0.335 e. The fourth-order valence-electron chi connectivity index (χ4n) is 1.73.